The number of halogens is 2. The molecule has 2 N–H and O–H groups in total. The zero-order chi connectivity index (χ0) is 17.0. The standard InChI is InChI=1S/C17H12Cl2O4/c18-12-4-1-10(2-5-12)3-6-15(20)13-7-11(9-16(21)22)8-14(19)17(13)23/h1-8,23H,9H2,(H,21,22)/b6-3+. The van der Waals surface area contributed by atoms with E-state index >= 15 is 0 Å². The molecule has 0 fully saturated rings. The van der Waals surface area contributed by atoms with Crippen molar-refractivity contribution in [3.05, 3.63) is 69.2 Å². The number of phenolic OH excluding ortho intramolecular Hbond substituents is 1. The Kier molecular flexibility index (Phi) is 5.42. The van der Waals surface area contributed by atoms with Gasteiger partial charge in [0.1, 0.15) is 5.75 Å². The van der Waals surface area contributed by atoms with Gasteiger partial charge in [0.2, 0.25) is 0 Å². The molecular weight excluding hydrogens is 339 g/mol. The summed E-state index contributed by atoms with van der Waals surface area (Å²) in [5, 5.41) is 19.2. The minimum absolute atomic E-state index is 0.0426. The van der Waals surface area contributed by atoms with Crippen molar-refractivity contribution >= 4 is 41.0 Å². The first-order chi connectivity index (χ1) is 10.9. The second-order valence-electron chi connectivity index (χ2n) is 4.79. The van der Waals surface area contributed by atoms with E-state index in [0.717, 1.165) is 5.56 Å². The molecule has 2 rings (SSSR count). The van der Waals surface area contributed by atoms with E-state index in [1.165, 1.54) is 18.2 Å². The normalized spacial score (nSPS) is 10.9. The van der Waals surface area contributed by atoms with Crippen LogP contribution in [0, 0.1) is 0 Å². The highest BCUT2D eigenvalue weighted by atomic mass is 35.5. The number of aliphatic carboxylic acids is 1. The van der Waals surface area contributed by atoms with E-state index in [1.54, 1.807) is 30.3 Å². The topological polar surface area (TPSA) is 74.6 Å². The molecular formula is C17H12Cl2O4. The maximum atomic E-state index is 12.2. The fourth-order valence-corrected chi connectivity index (χ4v) is 2.32. The van der Waals surface area contributed by atoms with Crippen molar-refractivity contribution in [1.82, 2.24) is 0 Å². The molecule has 4 nitrogen and oxygen atoms in total. The van der Waals surface area contributed by atoms with Gasteiger partial charge < -0.3 is 10.2 Å². The molecule has 0 aliphatic heterocycles. The summed E-state index contributed by atoms with van der Waals surface area (Å²) in [6, 6.07) is 9.50. The van der Waals surface area contributed by atoms with Crippen molar-refractivity contribution in [2.24, 2.45) is 0 Å². The highest BCUT2D eigenvalue weighted by Gasteiger charge is 2.15. The average molecular weight is 351 g/mol. The SMILES string of the molecule is O=C(O)Cc1cc(Cl)c(O)c(C(=O)/C=C/c2ccc(Cl)cc2)c1. The van der Waals surface area contributed by atoms with Crippen LogP contribution in [0.3, 0.4) is 0 Å². The molecule has 0 bridgehead atoms. The Hall–Kier alpha value is -2.30. The first-order valence-electron chi connectivity index (χ1n) is 6.58. The molecule has 0 spiro atoms. The van der Waals surface area contributed by atoms with E-state index in [1.807, 2.05) is 0 Å². The van der Waals surface area contributed by atoms with Crippen molar-refractivity contribution in [2.75, 3.05) is 0 Å². The molecule has 0 saturated heterocycles. The molecule has 0 aliphatic rings. The Balaban J connectivity index is 2.29. The number of carboxylic acid groups (broad SMARTS) is 1. The fraction of sp³-hybridized carbons (Fsp3) is 0.0588. The average Bonchev–Trinajstić information content (AvgIpc) is 2.49. The van der Waals surface area contributed by atoms with Crippen molar-refractivity contribution in [1.29, 1.82) is 0 Å². The molecule has 0 aliphatic carbocycles. The summed E-state index contributed by atoms with van der Waals surface area (Å²) in [6.45, 7) is 0. The molecule has 2 aromatic rings. The van der Waals surface area contributed by atoms with Crippen LogP contribution < -0.4 is 0 Å². The van der Waals surface area contributed by atoms with E-state index in [0.29, 0.717) is 10.6 Å². The Bertz CT molecular complexity index is 780. The minimum Gasteiger partial charge on any atom is -0.506 e. The quantitative estimate of drug-likeness (QED) is 0.625. The predicted molar refractivity (Wildman–Crippen MR) is 89.3 cm³/mol. The van der Waals surface area contributed by atoms with Crippen LogP contribution in [0.4, 0.5) is 0 Å². The summed E-state index contributed by atoms with van der Waals surface area (Å²) in [6.07, 6.45) is 2.55. The van der Waals surface area contributed by atoms with Gasteiger partial charge in [-0.3, -0.25) is 9.59 Å². The van der Waals surface area contributed by atoms with Gasteiger partial charge in [0.05, 0.1) is 17.0 Å². The first kappa shape index (κ1) is 17.1. The van der Waals surface area contributed by atoms with Crippen molar-refractivity contribution in [3.63, 3.8) is 0 Å². The van der Waals surface area contributed by atoms with E-state index in [9.17, 15) is 14.7 Å². The highest BCUT2D eigenvalue weighted by molar-refractivity contribution is 6.33. The second-order valence-corrected chi connectivity index (χ2v) is 5.64. The van der Waals surface area contributed by atoms with Gasteiger partial charge in [-0.2, -0.15) is 0 Å². The van der Waals surface area contributed by atoms with Gasteiger partial charge in [0.15, 0.2) is 5.78 Å². The van der Waals surface area contributed by atoms with Crippen molar-refractivity contribution in [3.8, 4) is 5.75 Å². The molecule has 0 amide bonds. The number of carbonyl (C=O) groups is 2. The van der Waals surface area contributed by atoms with Crippen LogP contribution in [0.5, 0.6) is 5.75 Å². The number of phenols is 1. The lowest BCUT2D eigenvalue weighted by Gasteiger charge is -2.06. The van der Waals surface area contributed by atoms with Gasteiger partial charge in [0.25, 0.3) is 0 Å². The van der Waals surface area contributed by atoms with Gasteiger partial charge in [-0.25, -0.2) is 0 Å². The fourth-order valence-electron chi connectivity index (χ4n) is 1.96. The number of carbonyl (C=O) groups excluding carboxylic acids is 1. The van der Waals surface area contributed by atoms with Gasteiger partial charge in [-0.1, -0.05) is 41.4 Å². The zero-order valence-electron chi connectivity index (χ0n) is 11.8. The van der Waals surface area contributed by atoms with Crippen LogP contribution in [0.25, 0.3) is 6.08 Å². The highest BCUT2D eigenvalue weighted by Crippen LogP contribution is 2.30. The molecule has 6 heteroatoms. The first-order valence-corrected chi connectivity index (χ1v) is 7.33. The number of benzene rings is 2. The van der Waals surface area contributed by atoms with Gasteiger partial charge in [-0.05, 0) is 41.5 Å². The Morgan fingerprint density at radius 1 is 1.09 bits per heavy atom. The predicted octanol–water partition coefficient (Wildman–Crippen LogP) is 4.22. The van der Waals surface area contributed by atoms with E-state index in [-0.39, 0.29) is 22.8 Å². The van der Waals surface area contributed by atoms with E-state index < -0.39 is 11.8 Å². The van der Waals surface area contributed by atoms with Crippen LogP contribution in [0.1, 0.15) is 21.5 Å². The number of rotatable bonds is 5. The zero-order valence-corrected chi connectivity index (χ0v) is 13.3. The summed E-state index contributed by atoms with van der Waals surface area (Å²) >= 11 is 11.6. The van der Waals surface area contributed by atoms with Gasteiger partial charge in [0, 0.05) is 5.02 Å². The van der Waals surface area contributed by atoms with E-state index in [4.69, 9.17) is 28.3 Å². The summed E-state index contributed by atoms with van der Waals surface area (Å²) in [5.41, 5.74) is 1.05. The third-order valence-electron chi connectivity index (χ3n) is 3.04. The summed E-state index contributed by atoms with van der Waals surface area (Å²) in [5.74, 6) is -1.90. The monoisotopic (exact) mass is 350 g/mol. The number of hydrogen-bond acceptors (Lipinski definition) is 3. The number of hydrogen-bond donors (Lipinski definition) is 2. The molecule has 0 saturated carbocycles. The smallest absolute Gasteiger partial charge is 0.307 e. The van der Waals surface area contributed by atoms with Crippen LogP contribution in [0.15, 0.2) is 42.5 Å². The van der Waals surface area contributed by atoms with Crippen molar-refractivity contribution in [2.45, 2.75) is 6.42 Å². The molecule has 23 heavy (non-hydrogen) atoms. The van der Waals surface area contributed by atoms with Crippen LogP contribution in [-0.4, -0.2) is 22.0 Å². The number of carboxylic acids is 1. The van der Waals surface area contributed by atoms with E-state index in [2.05, 4.69) is 0 Å². The largest absolute Gasteiger partial charge is 0.506 e. The van der Waals surface area contributed by atoms with Crippen LogP contribution in [-0.2, 0) is 11.2 Å². The molecule has 0 heterocycles. The summed E-state index contributed by atoms with van der Waals surface area (Å²) in [7, 11) is 0. The molecule has 2 aromatic carbocycles. The summed E-state index contributed by atoms with van der Waals surface area (Å²) < 4.78 is 0. The summed E-state index contributed by atoms with van der Waals surface area (Å²) in [4.78, 5) is 23.0. The maximum absolute atomic E-state index is 12.2. The molecule has 118 valence electrons. The lowest BCUT2D eigenvalue weighted by molar-refractivity contribution is -0.136. The lowest BCUT2D eigenvalue weighted by Crippen LogP contribution is -2.03. The maximum Gasteiger partial charge on any atom is 0.307 e. The Labute approximate surface area is 142 Å². The Morgan fingerprint density at radius 2 is 1.74 bits per heavy atom. The van der Waals surface area contributed by atoms with Gasteiger partial charge in [-0.15, -0.1) is 0 Å². The minimum atomic E-state index is -1.05. The second kappa shape index (κ2) is 7.31. The molecule has 0 radical (unpaired) electrons. The molecule has 0 atom stereocenters. The molecule has 0 unspecified atom stereocenters. The Morgan fingerprint density at radius 3 is 2.35 bits per heavy atom. The number of allylic oxidation sites excluding steroid dienone is 1. The van der Waals surface area contributed by atoms with Crippen LogP contribution >= 0.6 is 23.2 Å². The third-order valence-corrected chi connectivity index (χ3v) is 3.58. The third kappa shape index (κ3) is 4.58. The number of ketones is 1. The number of aromatic hydroxyl groups is 1. The van der Waals surface area contributed by atoms with Crippen molar-refractivity contribution < 1.29 is 19.8 Å². The molecule has 0 aromatic heterocycles. The lowest BCUT2D eigenvalue weighted by atomic mass is 10.0. The van der Waals surface area contributed by atoms with Gasteiger partial charge >= 0.3 is 5.97 Å². The van der Waals surface area contributed by atoms with Crippen LogP contribution in [0.2, 0.25) is 10.0 Å².